The van der Waals surface area contributed by atoms with Crippen molar-refractivity contribution in [1.82, 2.24) is 0 Å². The van der Waals surface area contributed by atoms with Crippen molar-refractivity contribution in [2.75, 3.05) is 13.2 Å². The molecule has 2 aromatic carbocycles. The highest BCUT2D eigenvalue weighted by Crippen LogP contribution is 2.49. The third-order valence-electron chi connectivity index (χ3n) is 8.69. The highest BCUT2D eigenvalue weighted by Gasteiger charge is 2.56. The molecule has 1 fully saturated rings. The van der Waals surface area contributed by atoms with E-state index in [2.05, 4.69) is 115 Å². The fourth-order valence-electron chi connectivity index (χ4n) is 5.06. The van der Waals surface area contributed by atoms with Crippen molar-refractivity contribution in [1.29, 1.82) is 0 Å². The van der Waals surface area contributed by atoms with Gasteiger partial charge in [-0.3, -0.25) is 0 Å². The van der Waals surface area contributed by atoms with Crippen LogP contribution in [0.3, 0.4) is 0 Å². The zero-order valence-corrected chi connectivity index (χ0v) is 25.8. The van der Waals surface area contributed by atoms with Gasteiger partial charge >= 0.3 is 0 Å². The molecule has 2 aromatic rings. The number of benzene rings is 2. The smallest absolute Gasteiger partial charge is 0.261 e. The maximum absolute atomic E-state index is 11.4. The molecule has 0 saturated heterocycles. The molecule has 4 nitrogen and oxygen atoms in total. The van der Waals surface area contributed by atoms with Crippen molar-refractivity contribution in [2.45, 2.75) is 89.8 Å². The van der Waals surface area contributed by atoms with Gasteiger partial charge in [0, 0.05) is 6.61 Å². The topological polar surface area (TPSA) is 58.9 Å². The first-order valence-corrected chi connectivity index (χ1v) is 18.1. The van der Waals surface area contributed by atoms with Crippen LogP contribution in [0.1, 0.15) is 54.9 Å². The summed E-state index contributed by atoms with van der Waals surface area (Å²) < 4.78 is 13.3. The van der Waals surface area contributed by atoms with E-state index in [4.69, 9.17) is 8.85 Å². The van der Waals surface area contributed by atoms with Crippen molar-refractivity contribution < 1.29 is 19.1 Å². The largest absolute Gasteiger partial charge is 0.414 e. The number of rotatable bonds is 10. The predicted molar refractivity (Wildman–Crippen MR) is 155 cm³/mol. The van der Waals surface area contributed by atoms with Crippen LogP contribution in [0.2, 0.25) is 23.2 Å². The van der Waals surface area contributed by atoms with Crippen LogP contribution in [0.15, 0.2) is 60.7 Å². The molecule has 0 aromatic heterocycles. The molecule has 200 valence electrons. The molecule has 4 atom stereocenters. The van der Waals surface area contributed by atoms with E-state index < -0.39 is 28.3 Å². The SMILES string of the molecule is CC(C)(C)[Si](C)(C)OC[C@H](O)[C@@](C)(O)[C@H]1C[C@H]1CO[Si](c1ccccc1)(c1ccccc1)C(C)(C)C. The molecule has 0 aliphatic heterocycles. The lowest BCUT2D eigenvalue weighted by atomic mass is 9.92. The minimum absolute atomic E-state index is 0.00580. The summed E-state index contributed by atoms with van der Waals surface area (Å²) in [4.78, 5) is 0. The molecule has 36 heavy (non-hydrogen) atoms. The second-order valence-corrected chi connectivity index (χ2v) is 22.5. The van der Waals surface area contributed by atoms with E-state index in [9.17, 15) is 10.2 Å². The monoisotopic (exact) mass is 528 g/mol. The summed E-state index contributed by atoms with van der Waals surface area (Å²) in [6, 6.07) is 21.3. The summed E-state index contributed by atoms with van der Waals surface area (Å²) in [5.74, 6) is 0.206. The van der Waals surface area contributed by atoms with E-state index in [-0.39, 0.29) is 28.5 Å². The maximum Gasteiger partial charge on any atom is 0.261 e. The number of aliphatic hydroxyl groups is 2. The van der Waals surface area contributed by atoms with Crippen LogP contribution in [0.5, 0.6) is 0 Å². The van der Waals surface area contributed by atoms with Crippen molar-refractivity contribution in [3.8, 4) is 0 Å². The Morgan fingerprint density at radius 3 is 1.69 bits per heavy atom. The molecule has 2 N–H and O–H groups in total. The molecule has 1 aliphatic carbocycles. The van der Waals surface area contributed by atoms with Crippen molar-refractivity contribution in [2.24, 2.45) is 11.8 Å². The first kappa shape index (κ1) is 29.3. The van der Waals surface area contributed by atoms with E-state index in [1.54, 1.807) is 6.92 Å². The van der Waals surface area contributed by atoms with E-state index in [1.165, 1.54) is 10.4 Å². The lowest BCUT2D eigenvalue weighted by Crippen LogP contribution is -2.66. The Kier molecular flexibility index (Phi) is 8.51. The van der Waals surface area contributed by atoms with Crippen molar-refractivity contribution in [3.05, 3.63) is 60.7 Å². The van der Waals surface area contributed by atoms with Crippen LogP contribution in [0.4, 0.5) is 0 Å². The fourth-order valence-corrected chi connectivity index (χ4v) is 10.7. The van der Waals surface area contributed by atoms with Crippen LogP contribution in [-0.4, -0.2) is 51.8 Å². The second kappa shape index (κ2) is 10.5. The molecule has 0 unspecified atom stereocenters. The lowest BCUT2D eigenvalue weighted by molar-refractivity contribution is -0.0976. The Morgan fingerprint density at radius 1 is 0.806 bits per heavy atom. The quantitative estimate of drug-likeness (QED) is 0.409. The molecular weight excluding hydrogens is 480 g/mol. The zero-order chi connectivity index (χ0) is 27.0. The molecule has 0 heterocycles. The van der Waals surface area contributed by atoms with Gasteiger partial charge < -0.3 is 19.1 Å². The summed E-state index contributed by atoms with van der Waals surface area (Å²) in [6.45, 7) is 20.2. The number of hydrogen-bond donors (Lipinski definition) is 2. The second-order valence-electron chi connectivity index (χ2n) is 13.4. The van der Waals surface area contributed by atoms with Gasteiger partial charge in [-0.2, -0.15) is 0 Å². The molecular formula is C30H48O4Si2. The highest BCUT2D eigenvalue weighted by molar-refractivity contribution is 6.99. The van der Waals surface area contributed by atoms with Crippen molar-refractivity contribution >= 4 is 27.0 Å². The summed E-state index contributed by atoms with van der Waals surface area (Å²) in [5, 5.41) is 24.8. The Labute approximate surface area is 221 Å². The molecule has 0 spiro atoms. The Balaban J connectivity index is 1.77. The first-order valence-electron chi connectivity index (χ1n) is 13.3. The van der Waals surface area contributed by atoms with Gasteiger partial charge in [0.1, 0.15) is 6.10 Å². The van der Waals surface area contributed by atoms with Gasteiger partial charge in [-0.05, 0) is 58.7 Å². The van der Waals surface area contributed by atoms with Crippen LogP contribution >= 0.6 is 0 Å². The predicted octanol–water partition coefficient (Wildman–Crippen LogP) is 5.33. The Bertz CT molecular complexity index is 938. The van der Waals surface area contributed by atoms with Crippen LogP contribution < -0.4 is 10.4 Å². The third kappa shape index (κ3) is 5.89. The fraction of sp³-hybridized carbons (Fsp3) is 0.600. The first-order chi connectivity index (χ1) is 16.5. The van der Waals surface area contributed by atoms with Gasteiger partial charge in [0.25, 0.3) is 8.32 Å². The van der Waals surface area contributed by atoms with Gasteiger partial charge in [0.15, 0.2) is 8.32 Å². The normalized spacial score (nSPS) is 21.6. The lowest BCUT2D eigenvalue weighted by Gasteiger charge is -2.43. The molecule has 0 radical (unpaired) electrons. The molecule has 6 heteroatoms. The van der Waals surface area contributed by atoms with Crippen molar-refractivity contribution in [3.63, 3.8) is 0 Å². The summed E-state index contributed by atoms with van der Waals surface area (Å²) in [7, 11) is -4.62. The summed E-state index contributed by atoms with van der Waals surface area (Å²) >= 11 is 0. The molecule has 1 saturated carbocycles. The van der Waals surface area contributed by atoms with Gasteiger partial charge in [0.05, 0.1) is 12.2 Å². The van der Waals surface area contributed by atoms with Gasteiger partial charge in [-0.15, -0.1) is 0 Å². The standard InChI is InChI=1S/C30H48O4Si2/c1-28(2,3)35(8,9)33-22-27(31)30(7,32)26-20-23(26)21-34-36(29(4,5)6,24-16-12-10-13-17-24)25-18-14-11-15-19-25/h10-19,23,26-27,31-32H,20-22H2,1-9H3/t23-,26-,27-,30-/m0/s1. The van der Waals surface area contributed by atoms with E-state index in [0.717, 1.165) is 6.42 Å². The van der Waals surface area contributed by atoms with Gasteiger partial charge in [0.2, 0.25) is 0 Å². The van der Waals surface area contributed by atoms with Crippen LogP contribution in [-0.2, 0) is 8.85 Å². The number of aliphatic hydroxyl groups excluding tert-OH is 1. The molecule has 0 amide bonds. The average Bonchev–Trinajstić information content (AvgIpc) is 3.58. The Hall–Kier alpha value is -1.29. The molecule has 1 aliphatic rings. The minimum atomic E-state index is -2.61. The summed E-state index contributed by atoms with van der Waals surface area (Å²) in [6.07, 6.45) is -0.0722. The van der Waals surface area contributed by atoms with Crippen LogP contribution in [0, 0.1) is 11.8 Å². The highest BCUT2D eigenvalue weighted by atomic mass is 28.4. The minimum Gasteiger partial charge on any atom is -0.414 e. The average molecular weight is 529 g/mol. The van der Waals surface area contributed by atoms with Crippen LogP contribution in [0.25, 0.3) is 0 Å². The third-order valence-corrected chi connectivity index (χ3v) is 18.2. The van der Waals surface area contributed by atoms with E-state index in [0.29, 0.717) is 6.61 Å². The molecule has 0 bridgehead atoms. The van der Waals surface area contributed by atoms with E-state index >= 15 is 0 Å². The number of hydrogen-bond acceptors (Lipinski definition) is 4. The zero-order valence-electron chi connectivity index (χ0n) is 23.8. The van der Waals surface area contributed by atoms with Gasteiger partial charge in [-0.1, -0.05) is 102 Å². The molecule has 3 rings (SSSR count). The van der Waals surface area contributed by atoms with Gasteiger partial charge in [-0.25, -0.2) is 0 Å². The Morgan fingerprint density at radius 2 is 1.28 bits per heavy atom. The maximum atomic E-state index is 11.4. The van der Waals surface area contributed by atoms with E-state index in [1.807, 2.05) is 0 Å². The summed E-state index contributed by atoms with van der Waals surface area (Å²) in [5.41, 5.74) is -1.21.